The predicted molar refractivity (Wildman–Crippen MR) is 82.1 cm³/mol. The predicted octanol–water partition coefficient (Wildman–Crippen LogP) is 3.25. The van der Waals surface area contributed by atoms with E-state index in [2.05, 4.69) is 51.4 Å². The van der Waals surface area contributed by atoms with Crippen molar-refractivity contribution >= 4 is 26.8 Å². The van der Waals surface area contributed by atoms with Crippen LogP contribution in [0.1, 0.15) is 25.3 Å². The molecular weight excluding hydrogens is 304 g/mol. The number of hydrogen-bond acceptors (Lipinski definition) is 3. The minimum absolute atomic E-state index is 0.262. The topological polar surface area (TPSA) is 45.1 Å². The largest absolute Gasteiger partial charge is 0.392 e. The van der Waals surface area contributed by atoms with Gasteiger partial charge in [-0.3, -0.25) is 4.98 Å². The van der Waals surface area contributed by atoms with E-state index in [1.165, 1.54) is 0 Å². The van der Waals surface area contributed by atoms with E-state index < -0.39 is 0 Å². The molecule has 19 heavy (non-hydrogen) atoms. The second kappa shape index (κ2) is 6.98. The molecule has 0 bridgehead atoms. The lowest BCUT2D eigenvalue weighted by atomic mass is 10.1. The van der Waals surface area contributed by atoms with Crippen LogP contribution in [0.2, 0.25) is 0 Å². The van der Waals surface area contributed by atoms with E-state index in [0.29, 0.717) is 6.54 Å². The highest BCUT2D eigenvalue weighted by Crippen LogP contribution is 2.23. The molecule has 0 spiro atoms. The third-order valence-electron chi connectivity index (χ3n) is 3.09. The van der Waals surface area contributed by atoms with E-state index in [1.54, 1.807) is 6.20 Å². The summed E-state index contributed by atoms with van der Waals surface area (Å²) in [5.74, 6) is 0. The molecule has 2 rings (SSSR count). The first-order valence-corrected chi connectivity index (χ1v) is 7.42. The Bertz CT molecular complexity index is 545. The Hall–Kier alpha value is -0.970. The van der Waals surface area contributed by atoms with Gasteiger partial charge >= 0.3 is 0 Å². The molecule has 4 heteroatoms. The van der Waals surface area contributed by atoms with Crippen LogP contribution < -0.4 is 5.32 Å². The Kier molecular flexibility index (Phi) is 5.31. The molecule has 0 amide bonds. The van der Waals surface area contributed by atoms with E-state index in [1.807, 2.05) is 6.07 Å². The maximum atomic E-state index is 9.68. The fourth-order valence-electron chi connectivity index (χ4n) is 2.08. The van der Waals surface area contributed by atoms with Gasteiger partial charge in [0.25, 0.3) is 0 Å². The van der Waals surface area contributed by atoms with Crippen LogP contribution in [-0.2, 0) is 6.54 Å². The first-order valence-electron chi connectivity index (χ1n) is 6.62. The molecule has 1 aromatic heterocycles. The van der Waals surface area contributed by atoms with Gasteiger partial charge in [-0.15, -0.1) is 0 Å². The summed E-state index contributed by atoms with van der Waals surface area (Å²) >= 11 is 3.59. The van der Waals surface area contributed by atoms with Crippen molar-refractivity contribution < 1.29 is 5.11 Å². The Morgan fingerprint density at radius 2 is 2.26 bits per heavy atom. The summed E-state index contributed by atoms with van der Waals surface area (Å²) in [5.41, 5.74) is 2.16. The molecule has 0 saturated carbocycles. The monoisotopic (exact) mass is 322 g/mol. The van der Waals surface area contributed by atoms with Crippen molar-refractivity contribution in [3.8, 4) is 0 Å². The highest BCUT2D eigenvalue weighted by molar-refractivity contribution is 9.10. The highest BCUT2D eigenvalue weighted by Gasteiger charge is 2.05. The lowest BCUT2D eigenvalue weighted by Crippen LogP contribution is -2.26. The van der Waals surface area contributed by atoms with Crippen LogP contribution in [0.25, 0.3) is 10.9 Å². The molecular formula is C15H19BrN2O. The van der Waals surface area contributed by atoms with Crippen LogP contribution >= 0.6 is 15.9 Å². The van der Waals surface area contributed by atoms with Gasteiger partial charge in [0.05, 0.1) is 11.6 Å². The van der Waals surface area contributed by atoms with E-state index >= 15 is 0 Å². The molecule has 1 heterocycles. The summed E-state index contributed by atoms with van der Waals surface area (Å²) in [5, 5.41) is 14.1. The smallest absolute Gasteiger partial charge is 0.0705 e. The van der Waals surface area contributed by atoms with Crippen molar-refractivity contribution in [3.05, 3.63) is 40.5 Å². The van der Waals surface area contributed by atoms with Crippen LogP contribution in [-0.4, -0.2) is 22.7 Å². The van der Waals surface area contributed by atoms with Crippen molar-refractivity contribution in [2.45, 2.75) is 32.4 Å². The number of aliphatic hydroxyl groups excluding tert-OH is 1. The zero-order chi connectivity index (χ0) is 13.7. The summed E-state index contributed by atoms with van der Waals surface area (Å²) in [4.78, 5) is 4.36. The maximum absolute atomic E-state index is 9.68. The summed E-state index contributed by atoms with van der Waals surface area (Å²) < 4.78 is 1.07. The molecule has 0 radical (unpaired) electrons. The highest BCUT2D eigenvalue weighted by atomic mass is 79.9. The van der Waals surface area contributed by atoms with Gasteiger partial charge in [0.2, 0.25) is 0 Å². The van der Waals surface area contributed by atoms with Crippen LogP contribution in [0, 0.1) is 0 Å². The quantitative estimate of drug-likeness (QED) is 0.858. The maximum Gasteiger partial charge on any atom is 0.0705 e. The van der Waals surface area contributed by atoms with E-state index in [9.17, 15) is 5.11 Å². The lowest BCUT2D eigenvalue weighted by molar-refractivity contribution is 0.160. The number of benzene rings is 1. The summed E-state index contributed by atoms with van der Waals surface area (Å²) in [7, 11) is 0. The number of nitrogens with zero attached hydrogens (tertiary/aromatic N) is 1. The van der Waals surface area contributed by atoms with Crippen LogP contribution in [0.15, 0.2) is 34.9 Å². The molecule has 1 atom stereocenters. The second-order valence-electron chi connectivity index (χ2n) is 4.71. The number of pyridine rings is 1. The first kappa shape index (κ1) is 14.4. The molecule has 3 nitrogen and oxygen atoms in total. The zero-order valence-electron chi connectivity index (χ0n) is 11.1. The SMILES string of the molecule is CCCC(O)CNCc1cc2ncccc2cc1Br. The Morgan fingerprint density at radius 3 is 3.05 bits per heavy atom. The molecule has 2 aromatic rings. The number of aromatic nitrogens is 1. The molecule has 0 aliphatic carbocycles. The summed E-state index contributed by atoms with van der Waals surface area (Å²) in [6, 6.07) is 8.16. The fourth-order valence-corrected chi connectivity index (χ4v) is 2.58. The van der Waals surface area contributed by atoms with Crippen molar-refractivity contribution in [2.24, 2.45) is 0 Å². The van der Waals surface area contributed by atoms with Crippen LogP contribution in [0.3, 0.4) is 0 Å². The zero-order valence-corrected chi connectivity index (χ0v) is 12.7. The minimum Gasteiger partial charge on any atom is -0.392 e. The van der Waals surface area contributed by atoms with Crippen LogP contribution in [0.5, 0.6) is 0 Å². The number of nitrogens with one attached hydrogen (secondary N) is 1. The normalized spacial score (nSPS) is 12.8. The lowest BCUT2D eigenvalue weighted by Gasteiger charge is -2.12. The molecule has 0 fully saturated rings. The van der Waals surface area contributed by atoms with Gasteiger partial charge in [-0.25, -0.2) is 0 Å². The standard InChI is InChI=1S/C15H19BrN2O/c1-2-4-13(19)10-17-9-12-8-15-11(7-14(12)16)5-3-6-18-15/h3,5-8,13,17,19H,2,4,9-10H2,1H3. The van der Waals surface area contributed by atoms with Gasteiger partial charge in [-0.05, 0) is 30.2 Å². The molecule has 2 N–H and O–H groups in total. The molecule has 0 saturated heterocycles. The number of fused-ring (bicyclic) bond motifs is 1. The number of hydrogen-bond donors (Lipinski definition) is 2. The average molecular weight is 323 g/mol. The number of aliphatic hydroxyl groups is 1. The molecule has 0 aliphatic rings. The Labute approximate surface area is 122 Å². The van der Waals surface area contributed by atoms with E-state index in [4.69, 9.17) is 0 Å². The summed E-state index contributed by atoms with van der Waals surface area (Å²) in [6.07, 6.45) is 3.39. The Balaban J connectivity index is 2.02. The van der Waals surface area contributed by atoms with Gasteiger partial charge in [0.1, 0.15) is 0 Å². The molecule has 1 aromatic carbocycles. The summed E-state index contributed by atoms with van der Waals surface area (Å²) in [6.45, 7) is 3.43. The van der Waals surface area contributed by atoms with Crippen molar-refractivity contribution in [1.29, 1.82) is 0 Å². The van der Waals surface area contributed by atoms with E-state index in [0.717, 1.165) is 40.3 Å². The minimum atomic E-state index is -0.262. The molecule has 102 valence electrons. The third-order valence-corrected chi connectivity index (χ3v) is 3.83. The first-order chi connectivity index (χ1) is 9.20. The van der Waals surface area contributed by atoms with Crippen LogP contribution in [0.4, 0.5) is 0 Å². The van der Waals surface area contributed by atoms with Gasteiger partial charge in [-0.1, -0.05) is 35.3 Å². The number of rotatable bonds is 6. The fraction of sp³-hybridized carbons (Fsp3) is 0.400. The second-order valence-corrected chi connectivity index (χ2v) is 5.57. The van der Waals surface area contributed by atoms with Gasteiger partial charge in [0.15, 0.2) is 0 Å². The Morgan fingerprint density at radius 1 is 1.42 bits per heavy atom. The van der Waals surface area contributed by atoms with Gasteiger partial charge in [0, 0.05) is 29.1 Å². The van der Waals surface area contributed by atoms with Gasteiger partial charge in [-0.2, -0.15) is 0 Å². The van der Waals surface area contributed by atoms with Crippen molar-refractivity contribution in [1.82, 2.24) is 10.3 Å². The molecule has 0 aliphatic heterocycles. The van der Waals surface area contributed by atoms with Gasteiger partial charge < -0.3 is 10.4 Å². The molecule has 1 unspecified atom stereocenters. The van der Waals surface area contributed by atoms with Crippen molar-refractivity contribution in [2.75, 3.05) is 6.54 Å². The average Bonchev–Trinajstić information content (AvgIpc) is 2.39. The third kappa shape index (κ3) is 4.00. The van der Waals surface area contributed by atoms with Crippen molar-refractivity contribution in [3.63, 3.8) is 0 Å². The van der Waals surface area contributed by atoms with E-state index in [-0.39, 0.29) is 6.10 Å². The number of halogens is 1.